The van der Waals surface area contributed by atoms with Crippen LogP contribution in [0.25, 0.3) is 0 Å². The predicted octanol–water partition coefficient (Wildman–Crippen LogP) is 4.27. The van der Waals surface area contributed by atoms with Gasteiger partial charge in [0.1, 0.15) is 0 Å². The molecule has 0 aromatic rings. The molecule has 0 aromatic carbocycles. The fourth-order valence-corrected chi connectivity index (χ4v) is 8.02. The average molecular weight is 378 g/mol. The van der Waals surface area contributed by atoms with Crippen molar-refractivity contribution in [1.29, 1.82) is 0 Å². The first-order valence-corrected chi connectivity index (χ1v) is 11.4. The van der Waals surface area contributed by atoms with E-state index < -0.39 is 5.79 Å². The van der Waals surface area contributed by atoms with Crippen LogP contribution in [-0.4, -0.2) is 42.8 Å². The average Bonchev–Trinajstić information content (AvgIpc) is 3.23. The Morgan fingerprint density at radius 2 is 1.74 bits per heavy atom. The van der Waals surface area contributed by atoms with E-state index in [2.05, 4.69) is 39.9 Å². The van der Waals surface area contributed by atoms with Gasteiger partial charge in [-0.25, -0.2) is 0 Å². The Morgan fingerprint density at radius 1 is 0.926 bits per heavy atom. The number of hydrogen-bond donors (Lipinski definition) is 1. The van der Waals surface area contributed by atoms with Crippen LogP contribution in [0.5, 0.6) is 0 Å². The molecular weight excluding hydrogens is 338 g/mol. The standard InChI is InChI=1S/C23H39NO3/c1-16-6-7-17-20(4)15-25-19(2,3)26-18(20)8-9-21(17,5)23(16)11-10-22(27-23)12-13-24-14-22/h16-18,24H,6-15H2,1-5H3/t16-,17+,18+,20+,21+,22+,23-/m1/s1. The number of fused-ring (bicyclic) bond motifs is 4. The molecule has 27 heavy (non-hydrogen) atoms. The van der Waals surface area contributed by atoms with Gasteiger partial charge in [0.2, 0.25) is 0 Å². The second kappa shape index (κ2) is 5.71. The lowest BCUT2D eigenvalue weighted by atomic mass is 9.43. The van der Waals surface area contributed by atoms with Gasteiger partial charge < -0.3 is 19.5 Å². The summed E-state index contributed by atoms with van der Waals surface area (Å²) in [7, 11) is 0. The molecule has 7 atom stereocenters. The second-order valence-corrected chi connectivity index (χ2v) is 11.4. The van der Waals surface area contributed by atoms with Crippen LogP contribution in [0.4, 0.5) is 0 Å². The SMILES string of the molecule is C[C@@H]1CC[C@H]2[C@]3(C)COC(C)(C)O[C@H]3CC[C@]2(C)[C@@]12CC[C@@]1(CCNC1)O2. The minimum Gasteiger partial charge on any atom is -0.366 e. The number of rotatable bonds is 0. The van der Waals surface area contributed by atoms with Crippen LogP contribution in [0.1, 0.15) is 79.6 Å². The third-order valence-corrected chi connectivity index (χ3v) is 9.59. The Hall–Kier alpha value is -0.160. The van der Waals surface area contributed by atoms with Crippen molar-refractivity contribution in [2.24, 2.45) is 22.7 Å². The molecule has 154 valence electrons. The van der Waals surface area contributed by atoms with Gasteiger partial charge in [-0.05, 0) is 77.2 Å². The summed E-state index contributed by atoms with van der Waals surface area (Å²) in [4.78, 5) is 0. The summed E-state index contributed by atoms with van der Waals surface area (Å²) in [6.45, 7) is 14.6. The zero-order valence-electron chi connectivity index (χ0n) is 18.0. The Kier molecular flexibility index (Phi) is 3.99. The van der Waals surface area contributed by atoms with Crippen LogP contribution < -0.4 is 5.32 Å². The minimum atomic E-state index is -0.443. The van der Waals surface area contributed by atoms with E-state index in [1.165, 1.54) is 38.5 Å². The largest absolute Gasteiger partial charge is 0.366 e. The molecule has 2 spiro atoms. The summed E-state index contributed by atoms with van der Waals surface area (Å²) in [5.74, 6) is 0.808. The lowest BCUT2D eigenvalue weighted by molar-refractivity contribution is -0.358. The van der Waals surface area contributed by atoms with Gasteiger partial charge in [-0.15, -0.1) is 0 Å². The minimum absolute atomic E-state index is 0.0306. The van der Waals surface area contributed by atoms with E-state index in [9.17, 15) is 0 Å². The van der Waals surface area contributed by atoms with Gasteiger partial charge in [0.25, 0.3) is 0 Å². The molecule has 2 saturated carbocycles. The Balaban J connectivity index is 1.51. The van der Waals surface area contributed by atoms with E-state index in [1.54, 1.807) is 0 Å². The molecule has 5 aliphatic rings. The van der Waals surface area contributed by atoms with Gasteiger partial charge in [0, 0.05) is 17.4 Å². The van der Waals surface area contributed by atoms with Gasteiger partial charge in [-0.1, -0.05) is 20.8 Å². The molecule has 3 aliphatic heterocycles. The van der Waals surface area contributed by atoms with Crippen molar-refractivity contribution < 1.29 is 14.2 Å². The fourth-order valence-electron chi connectivity index (χ4n) is 8.02. The van der Waals surface area contributed by atoms with Crippen LogP contribution in [0.2, 0.25) is 0 Å². The summed E-state index contributed by atoms with van der Waals surface area (Å²) in [5.41, 5.74) is 0.445. The lowest BCUT2D eigenvalue weighted by Gasteiger charge is -2.67. The fraction of sp³-hybridized carbons (Fsp3) is 1.00. The van der Waals surface area contributed by atoms with Gasteiger partial charge in [0.15, 0.2) is 5.79 Å². The van der Waals surface area contributed by atoms with Crippen molar-refractivity contribution in [3.05, 3.63) is 0 Å². The quantitative estimate of drug-likeness (QED) is 0.684. The molecule has 2 aliphatic carbocycles. The third-order valence-electron chi connectivity index (χ3n) is 9.59. The zero-order chi connectivity index (χ0) is 19.1. The highest BCUT2D eigenvalue weighted by Crippen LogP contribution is 2.69. The highest BCUT2D eigenvalue weighted by molar-refractivity contribution is 5.18. The summed E-state index contributed by atoms with van der Waals surface area (Å²) < 4.78 is 19.9. The maximum Gasteiger partial charge on any atom is 0.163 e. The molecule has 3 heterocycles. The number of ether oxygens (including phenoxy) is 3. The Labute approximate surface area is 165 Å². The first kappa shape index (κ1) is 18.8. The van der Waals surface area contributed by atoms with E-state index in [0.717, 1.165) is 26.1 Å². The molecule has 4 heteroatoms. The summed E-state index contributed by atoms with van der Waals surface area (Å²) in [5, 5.41) is 3.57. The molecule has 1 N–H and O–H groups in total. The first-order valence-electron chi connectivity index (χ1n) is 11.4. The molecule has 0 amide bonds. The van der Waals surface area contributed by atoms with Crippen molar-refractivity contribution >= 4 is 0 Å². The van der Waals surface area contributed by atoms with Crippen LogP contribution in [0.15, 0.2) is 0 Å². The first-order chi connectivity index (χ1) is 12.7. The highest BCUT2D eigenvalue weighted by Gasteiger charge is 2.70. The summed E-state index contributed by atoms with van der Waals surface area (Å²) in [6, 6.07) is 0. The molecule has 0 bridgehead atoms. The smallest absolute Gasteiger partial charge is 0.163 e. The Morgan fingerprint density at radius 3 is 2.48 bits per heavy atom. The van der Waals surface area contributed by atoms with E-state index in [-0.39, 0.29) is 22.0 Å². The highest BCUT2D eigenvalue weighted by atomic mass is 16.7. The van der Waals surface area contributed by atoms with Crippen molar-refractivity contribution in [2.45, 2.75) is 103 Å². The van der Waals surface area contributed by atoms with Crippen molar-refractivity contribution in [2.75, 3.05) is 19.7 Å². The van der Waals surface area contributed by atoms with Gasteiger partial charge in [-0.2, -0.15) is 0 Å². The van der Waals surface area contributed by atoms with Crippen LogP contribution in [0, 0.1) is 22.7 Å². The van der Waals surface area contributed by atoms with Gasteiger partial charge in [-0.3, -0.25) is 0 Å². The van der Waals surface area contributed by atoms with Crippen molar-refractivity contribution in [3.8, 4) is 0 Å². The van der Waals surface area contributed by atoms with E-state index in [4.69, 9.17) is 14.2 Å². The molecule has 5 fully saturated rings. The summed E-state index contributed by atoms with van der Waals surface area (Å²) in [6.07, 6.45) is 8.88. The molecule has 3 saturated heterocycles. The van der Waals surface area contributed by atoms with E-state index in [1.807, 2.05) is 0 Å². The maximum absolute atomic E-state index is 7.24. The van der Waals surface area contributed by atoms with Crippen molar-refractivity contribution in [1.82, 2.24) is 5.32 Å². The lowest BCUT2D eigenvalue weighted by Crippen LogP contribution is -2.68. The van der Waals surface area contributed by atoms with Gasteiger partial charge in [0.05, 0.1) is 23.9 Å². The monoisotopic (exact) mass is 377 g/mol. The Bertz CT molecular complexity index is 615. The molecule has 0 unspecified atom stereocenters. The van der Waals surface area contributed by atoms with Crippen molar-refractivity contribution in [3.63, 3.8) is 0 Å². The van der Waals surface area contributed by atoms with Crippen LogP contribution in [-0.2, 0) is 14.2 Å². The molecule has 4 nitrogen and oxygen atoms in total. The van der Waals surface area contributed by atoms with Crippen LogP contribution in [0.3, 0.4) is 0 Å². The van der Waals surface area contributed by atoms with Gasteiger partial charge >= 0.3 is 0 Å². The second-order valence-electron chi connectivity index (χ2n) is 11.4. The van der Waals surface area contributed by atoms with E-state index >= 15 is 0 Å². The van der Waals surface area contributed by atoms with E-state index in [0.29, 0.717) is 17.9 Å². The normalized spacial score (nSPS) is 57.0. The molecular formula is C23H39NO3. The topological polar surface area (TPSA) is 39.7 Å². The maximum atomic E-state index is 7.24. The zero-order valence-corrected chi connectivity index (χ0v) is 18.0. The molecule has 0 aromatic heterocycles. The summed E-state index contributed by atoms with van der Waals surface area (Å²) >= 11 is 0. The number of nitrogens with one attached hydrogen (secondary N) is 1. The van der Waals surface area contributed by atoms with Crippen LogP contribution >= 0.6 is 0 Å². The molecule has 5 rings (SSSR count). The predicted molar refractivity (Wildman–Crippen MR) is 106 cm³/mol. The molecule has 0 radical (unpaired) electrons. The third kappa shape index (κ3) is 2.42. The number of hydrogen-bond acceptors (Lipinski definition) is 4.